The fourth-order valence-corrected chi connectivity index (χ4v) is 2.44. The standard InChI is InChI=1S/C15H25FN2/c1-5-18(6-2)15(3,4)14(17)11-12-8-7-9-13(16)10-12/h7-10,14H,5-6,11,17H2,1-4H3. The van der Waals surface area contributed by atoms with E-state index in [1.807, 2.05) is 6.07 Å². The molecule has 18 heavy (non-hydrogen) atoms. The highest BCUT2D eigenvalue weighted by molar-refractivity contribution is 5.18. The van der Waals surface area contributed by atoms with Gasteiger partial charge in [0.15, 0.2) is 0 Å². The van der Waals surface area contributed by atoms with Crippen molar-refractivity contribution in [3.63, 3.8) is 0 Å². The minimum atomic E-state index is -0.194. The maximum absolute atomic E-state index is 13.2. The lowest BCUT2D eigenvalue weighted by molar-refractivity contribution is 0.106. The molecular weight excluding hydrogens is 227 g/mol. The fourth-order valence-electron chi connectivity index (χ4n) is 2.44. The number of hydrogen-bond acceptors (Lipinski definition) is 2. The second kappa shape index (κ2) is 6.30. The molecule has 1 unspecified atom stereocenters. The van der Waals surface area contributed by atoms with E-state index < -0.39 is 0 Å². The van der Waals surface area contributed by atoms with E-state index >= 15 is 0 Å². The largest absolute Gasteiger partial charge is 0.326 e. The molecule has 0 heterocycles. The minimum absolute atomic E-state index is 0.0146. The summed E-state index contributed by atoms with van der Waals surface area (Å²) in [4.78, 5) is 2.34. The molecule has 1 atom stereocenters. The summed E-state index contributed by atoms with van der Waals surface area (Å²) in [6.07, 6.45) is 0.696. The highest BCUT2D eigenvalue weighted by atomic mass is 19.1. The van der Waals surface area contributed by atoms with Gasteiger partial charge in [-0.05, 0) is 51.1 Å². The first kappa shape index (κ1) is 15.1. The van der Waals surface area contributed by atoms with Gasteiger partial charge >= 0.3 is 0 Å². The van der Waals surface area contributed by atoms with Gasteiger partial charge in [-0.2, -0.15) is 0 Å². The van der Waals surface area contributed by atoms with Crippen LogP contribution in [0.25, 0.3) is 0 Å². The predicted molar refractivity (Wildman–Crippen MR) is 75.1 cm³/mol. The van der Waals surface area contributed by atoms with Crippen molar-refractivity contribution in [1.82, 2.24) is 4.90 Å². The molecule has 3 heteroatoms. The Balaban J connectivity index is 2.78. The van der Waals surface area contributed by atoms with Crippen LogP contribution in [0.3, 0.4) is 0 Å². The van der Waals surface area contributed by atoms with E-state index in [4.69, 9.17) is 5.73 Å². The van der Waals surface area contributed by atoms with E-state index in [-0.39, 0.29) is 17.4 Å². The number of rotatable bonds is 6. The van der Waals surface area contributed by atoms with Crippen LogP contribution >= 0.6 is 0 Å². The van der Waals surface area contributed by atoms with Crippen LogP contribution in [0.4, 0.5) is 4.39 Å². The Morgan fingerprint density at radius 2 is 1.89 bits per heavy atom. The molecule has 0 fully saturated rings. The van der Waals surface area contributed by atoms with Crippen molar-refractivity contribution in [1.29, 1.82) is 0 Å². The second-order valence-corrected chi connectivity index (χ2v) is 5.27. The lowest BCUT2D eigenvalue weighted by Crippen LogP contribution is -2.56. The predicted octanol–water partition coefficient (Wildman–Crippen LogP) is 2.82. The molecule has 0 radical (unpaired) electrons. The lowest BCUT2D eigenvalue weighted by Gasteiger charge is -2.42. The van der Waals surface area contributed by atoms with Gasteiger partial charge in [-0.15, -0.1) is 0 Å². The normalized spacial score (nSPS) is 13.9. The zero-order chi connectivity index (χ0) is 13.8. The number of nitrogens with two attached hydrogens (primary N) is 1. The molecule has 0 saturated carbocycles. The number of hydrogen-bond donors (Lipinski definition) is 1. The molecule has 0 aliphatic rings. The molecule has 0 aromatic heterocycles. The first-order valence-electron chi connectivity index (χ1n) is 6.66. The molecule has 0 aliphatic carbocycles. The van der Waals surface area contributed by atoms with Gasteiger partial charge < -0.3 is 5.73 Å². The first-order chi connectivity index (χ1) is 8.41. The molecule has 0 spiro atoms. The Morgan fingerprint density at radius 3 is 2.39 bits per heavy atom. The Bertz CT molecular complexity index is 373. The van der Waals surface area contributed by atoms with Gasteiger partial charge in [-0.1, -0.05) is 26.0 Å². The van der Waals surface area contributed by atoms with Crippen molar-refractivity contribution in [2.45, 2.75) is 45.7 Å². The van der Waals surface area contributed by atoms with Gasteiger partial charge in [0.05, 0.1) is 0 Å². The van der Waals surface area contributed by atoms with Gasteiger partial charge in [-0.3, -0.25) is 4.90 Å². The van der Waals surface area contributed by atoms with Crippen LogP contribution in [0.1, 0.15) is 33.3 Å². The van der Waals surface area contributed by atoms with Gasteiger partial charge in [0.25, 0.3) is 0 Å². The van der Waals surface area contributed by atoms with E-state index in [9.17, 15) is 4.39 Å². The molecule has 1 aromatic carbocycles. The molecule has 0 amide bonds. The summed E-state index contributed by atoms with van der Waals surface area (Å²) >= 11 is 0. The van der Waals surface area contributed by atoms with Crippen LogP contribution in [0.5, 0.6) is 0 Å². The van der Waals surface area contributed by atoms with Crippen molar-refractivity contribution in [2.75, 3.05) is 13.1 Å². The van der Waals surface area contributed by atoms with E-state index in [0.717, 1.165) is 18.7 Å². The lowest BCUT2D eigenvalue weighted by atomic mass is 9.88. The third-order valence-electron chi connectivity index (χ3n) is 3.83. The minimum Gasteiger partial charge on any atom is -0.326 e. The second-order valence-electron chi connectivity index (χ2n) is 5.27. The van der Waals surface area contributed by atoms with E-state index in [0.29, 0.717) is 6.42 Å². The summed E-state index contributed by atoms with van der Waals surface area (Å²) in [5.41, 5.74) is 7.19. The average molecular weight is 252 g/mol. The van der Waals surface area contributed by atoms with Crippen LogP contribution < -0.4 is 5.73 Å². The molecule has 2 nitrogen and oxygen atoms in total. The van der Waals surface area contributed by atoms with Crippen LogP contribution in [-0.2, 0) is 6.42 Å². The highest BCUT2D eigenvalue weighted by Crippen LogP contribution is 2.20. The van der Waals surface area contributed by atoms with E-state index in [2.05, 4.69) is 32.6 Å². The van der Waals surface area contributed by atoms with Crippen molar-refractivity contribution in [3.05, 3.63) is 35.6 Å². The summed E-state index contributed by atoms with van der Waals surface area (Å²) in [6.45, 7) is 10.5. The molecule has 102 valence electrons. The molecule has 0 saturated heterocycles. The maximum Gasteiger partial charge on any atom is 0.123 e. The number of halogens is 1. The van der Waals surface area contributed by atoms with Gasteiger partial charge in [0, 0.05) is 11.6 Å². The fraction of sp³-hybridized carbons (Fsp3) is 0.600. The van der Waals surface area contributed by atoms with Gasteiger partial charge in [0.2, 0.25) is 0 Å². The SMILES string of the molecule is CCN(CC)C(C)(C)C(N)Cc1cccc(F)c1. The Morgan fingerprint density at radius 1 is 1.28 bits per heavy atom. The Kier molecular flexibility index (Phi) is 5.29. The number of likely N-dealkylation sites (N-methyl/N-ethyl adjacent to an activating group) is 1. The van der Waals surface area contributed by atoms with Crippen molar-refractivity contribution < 1.29 is 4.39 Å². The topological polar surface area (TPSA) is 29.3 Å². The number of benzene rings is 1. The maximum atomic E-state index is 13.2. The van der Waals surface area contributed by atoms with Crippen LogP contribution in [0, 0.1) is 5.82 Å². The molecule has 1 aromatic rings. The molecule has 1 rings (SSSR count). The molecular formula is C15H25FN2. The first-order valence-corrected chi connectivity index (χ1v) is 6.66. The number of nitrogens with zero attached hydrogens (tertiary/aromatic N) is 1. The summed E-state index contributed by atoms with van der Waals surface area (Å²) in [5, 5.41) is 0. The molecule has 0 aliphatic heterocycles. The van der Waals surface area contributed by atoms with Gasteiger partial charge in [-0.25, -0.2) is 4.39 Å². The van der Waals surface area contributed by atoms with Crippen molar-refractivity contribution >= 4 is 0 Å². The zero-order valence-electron chi connectivity index (χ0n) is 11.9. The summed E-state index contributed by atoms with van der Waals surface area (Å²) in [7, 11) is 0. The zero-order valence-corrected chi connectivity index (χ0v) is 11.9. The summed E-state index contributed by atoms with van der Waals surface area (Å²) in [5.74, 6) is -0.194. The Hall–Kier alpha value is -0.930. The van der Waals surface area contributed by atoms with Crippen molar-refractivity contribution in [2.24, 2.45) is 5.73 Å². The third-order valence-corrected chi connectivity index (χ3v) is 3.83. The third kappa shape index (κ3) is 3.53. The van der Waals surface area contributed by atoms with E-state index in [1.165, 1.54) is 6.07 Å². The van der Waals surface area contributed by atoms with Crippen molar-refractivity contribution in [3.8, 4) is 0 Å². The summed E-state index contributed by atoms with van der Waals surface area (Å²) < 4.78 is 13.2. The Labute approximate surface area is 110 Å². The van der Waals surface area contributed by atoms with Gasteiger partial charge in [0.1, 0.15) is 5.82 Å². The molecule has 0 bridgehead atoms. The smallest absolute Gasteiger partial charge is 0.123 e. The quantitative estimate of drug-likeness (QED) is 0.843. The van der Waals surface area contributed by atoms with Crippen LogP contribution in [0.2, 0.25) is 0 Å². The van der Waals surface area contributed by atoms with Crippen LogP contribution in [0.15, 0.2) is 24.3 Å². The summed E-state index contributed by atoms with van der Waals surface area (Å²) in [6, 6.07) is 6.69. The molecule has 2 N–H and O–H groups in total. The van der Waals surface area contributed by atoms with E-state index in [1.54, 1.807) is 12.1 Å². The van der Waals surface area contributed by atoms with Crippen LogP contribution in [-0.4, -0.2) is 29.6 Å². The average Bonchev–Trinajstić information content (AvgIpc) is 2.30. The monoisotopic (exact) mass is 252 g/mol. The highest BCUT2D eigenvalue weighted by Gasteiger charge is 2.31.